The first-order valence-corrected chi connectivity index (χ1v) is 8.27. The summed E-state index contributed by atoms with van der Waals surface area (Å²) in [7, 11) is 1.79. The first kappa shape index (κ1) is 17.5. The van der Waals surface area contributed by atoms with Crippen molar-refractivity contribution >= 4 is 16.9 Å². The van der Waals surface area contributed by atoms with Gasteiger partial charge in [-0.3, -0.25) is 4.79 Å². The van der Waals surface area contributed by atoms with E-state index in [1.807, 2.05) is 44.2 Å². The van der Waals surface area contributed by atoms with Crippen molar-refractivity contribution in [1.29, 1.82) is 0 Å². The van der Waals surface area contributed by atoms with Gasteiger partial charge in [0.05, 0.1) is 6.04 Å². The first-order chi connectivity index (χ1) is 10.9. The second-order valence-electron chi connectivity index (χ2n) is 6.51. The molecule has 0 bridgehead atoms. The summed E-state index contributed by atoms with van der Waals surface area (Å²) in [5.74, 6) is 1.34. The second kappa shape index (κ2) is 7.64. The Kier molecular flexibility index (Phi) is 5.83. The molecule has 2 atom stereocenters. The molecule has 0 spiro atoms. The molecule has 0 radical (unpaired) electrons. The number of rotatable bonds is 7. The van der Waals surface area contributed by atoms with Crippen LogP contribution in [0.15, 0.2) is 34.7 Å². The van der Waals surface area contributed by atoms with Crippen LogP contribution >= 0.6 is 0 Å². The lowest BCUT2D eigenvalue weighted by Crippen LogP contribution is -2.38. The maximum absolute atomic E-state index is 12.5. The van der Waals surface area contributed by atoms with Gasteiger partial charge in [-0.2, -0.15) is 0 Å². The summed E-state index contributed by atoms with van der Waals surface area (Å²) in [5.41, 5.74) is 0.844. The molecule has 0 fully saturated rings. The van der Waals surface area contributed by atoms with E-state index in [0.29, 0.717) is 12.5 Å². The van der Waals surface area contributed by atoms with Gasteiger partial charge in [0.25, 0.3) is 5.91 Å². The van der Waals surface area contributed by atoms with E-state index in [-0.39, 0.29) is 11.9 Å². The number of nitrogens with zero attached hydrogens (tertiary/aromatic N) is 1. The smallest absolute Gasteiger partial charge is 0.251 e. The zero-order valence-electron chi connectivity index (χ0n) is 14.7. The number of carbonyl (C=O) groups excluding carboxylic acids is 1. The van der Waals surface area contributed by atoms with Gasteiger partial charge < -0.3 is 14.1 Å². The van der Waals surface area contributed by atoms with Crippen molar-refractivity contribution in [2.24, 2.45) is 5.92 Å². The fraction of sp³-hybridized carbons (Fsp3) is 0.526. The topological polar surface area (TPSA) is 42.7 Å². The van der Waals surface area contributed by atoms with E-state index in [2.05, 4.69) is 13.8 Å². The molecule has 126 valence electrons. The predicted octanol–water partition coefficient (Wildman–Crippen LogP) is 4.40. The van der Waals surface area contributed by atoms with E-state index < -0.39 is 6.10 Å². The van der Waals surface area contributed by atoms with Gasteiger partial charge in [0.15, 0.2) is 0 Å². The van der Waals surface area contributed by atoms with Crippen molar-refractivity contribution in [3.63, 3.8) is 0 Å². The van der Waals surface area contributed by atoms with Crippen LogP contribution in [0.4, 0.5) is 0 Å². The van der Waals surface area contributed by atoms with E-state index in [1.165, 1.54) is 0 Å². The van der Waals surface area contributed by atoms with Crippen LogP contribution in [-0.2, 0) is 9.53 Å². The molecule has 0 aliphatic rings. The summed E-state index contributed by atoms with van der Waals surface area (Å²) >= 11 is 0. The van der Waals surface area contributed by atoms with E-state index in [9.17, 15) is 4.79 Å². The molecule has 1 aromatic carbocycles. The Bertz CT molecular complexity index is 614. The minimum Gasteiger partial charge on any atom is -0.459 e. The van der Waals surface area contributed by atoms with Gasteiger partial charge in [-0.25, -0.2) is 0 Å². The summed E-state index contributed by atoms with van der Waals surface area (Å²) < 4.78 is 11.5. The number of benzene rings is 1. The highest BCUT2D eigenvalue weighted by Gasteiger charge is 2.25. The number of carbonyl (C=O) groups is 1. The Morgan fingerprint density at radius 1 is 1.22 bits per heavy atom. The molecule has 0 saturated carbocycles. The number of hydrogen-bond donors (Lipinski definition) is 0. The predicted molar refractivity (Wildman–Crippen MR) is 92.3 cm³/mol. The van der Waals surface area contributed by atoms with Crippen LogP contribution in [0.3, 0.4) is 0 Å². The van der Waals surface area contributed by atoms with Crippen molar-refractivity contribution < 1.29 is 13.9 Å². The minimum atomic E-state index is -0.439. The van der Waals surface area contributed by atoms with Crippen molar-refractivity contribution in [3.05, 3.63) is 36.1 Å². The third kappa shape index (κ3) is 4.35. The molecule has 2 aromatic rings. The highest BCUT2D eigenvalue weighted by Crippen LogP contribution is 2.27. The fourth-order valence-electron chi connectivity index (χ4n) is 2.43. The Morgan fingerprint density at radius 2 is 1.91 bits per heavy atom. The van der Waals surface area contributed by atoms with E-state index >= 15 is 0 Å². The third-order valence-corrected chi connectivity index (χ3v) is 4.20. The molecular weight excluding hydrogens is 290 g/mol. The molecule has 1 amide bonds. The average Bonchev–Trinajstić information content (AvgIpc) is 2.96. The molecule has 1 heterocycles. The van der Waals surface area contributed by atoms with Crippen LogP contribution in [0.1, 0.15) is 45.9 Å². The number of likely N-dealkylation sites (N-methyl/N-ethyl adjacent to an activating group) is 1. The van der Waals surface area contributed by atoms with Crippen molar-refractivity contribution in [1.82, 2.24) is 4.90 Å². The summed E-state index contributed by atoms with van der Waals surface area (Å²) in [4.78, 5) is 14.2. The third-order valence-electron chi connectivity index (χ3n) is 4.20. The lowest BCUT2D eigenvalue weighted by Gasteiger charge is -2.26. The highest BCUT2D eigenvalue weighted by molar-refractivity contribution is 5.81. The average molecular weight is 317 g/mol. The lowest BCUT2D eigenvalue weighted by molar-refractivity contribution is -0.143. The van der Waals surface area contributed by atoms with Gasteiger partial charge in [-0.1, -0.05) is 32.0 Å². The standard InChI is InChI=1S/C19H27NO3/c1-13(2)10-11-22-15(4)19(21)20(5)14(3)18-12-16-8-6-7-9-17(16)23-18/h6-9,12-15H,10-11H2,1-5H3. The van der Waals surface area contributed by atoms with E-state index in [4.69, 9.17) is 9.15 Å². The molecule has 0 aliphatic carbocycles. The molecule has 0 N–H and O–H groups in total. The number of para-hydroxylation sites is 1. The molecule has 4 heteroatoms. The van der Waals surface area contributed by atoms with Gasteiger partial charge in [0.1, 0.15) is 17.4 Å². The summed E-state index contributed by atoms with van der Waals surface area (Å²) in [5, 5.41) is 1.05. The Labute approximate surface area is 138 Å². The first-order valence-electron chi connectivity index (χ1n) is 8.27. The Balaban J connectivity index is 2.00. The van der Waals surface area contributed by atoms with Crippen molar-refractivity contribution in [3.8, 4) is 0 Å². The second-order valence-corrected chi connectivity index (χ2v) is 6.51. The maximum atomic E-state index is 12.5. The molecule has 4 nitrogen and oxygen atoms in total. The highest BCUT2D eigenvalue weighted by atomic mass is 16.5. The molecule has 0 saturated heterocycles. The lowest BCUT2D eigenvalue weighted by atomic mass is 10.1. The number of amides is 1. The monoisotopic (exact) mass is 317 g/mol. The number of ether oxygens (including phenoxy) is 1. The zero-order chi connectivity index (χ0) is 17.0. The van der Waals surface area contributed by atoms with Crippen LogP contribution in [-0.4, -0.2) is 30.6 Å². The van der Waals surface area contributed by atoms with Gasteiger partial charge in [-0.15, -0.1) is 0 Å². The van der Waals surface area contributed by atoms with Crippen molar-refractivity contribution in [2.75, 3.05) is 13.7 Å². The fourth-order valence-corrected chi connectivity index (χ4v) is 2.43. The summed E-state index contributed by atoms with van der Waals surface area (Å²) in [6, 6.07) is 9.73. The molecule has 0 aliphatic heterocycles. The van der Waals surface area contributed by atoms with Gasteiger partial charge in [0, 0.05) is 19.0 Å². The van der Waals surface area contributed by atoms with Crippen LogP contribution < -0.4 is 0 Å². The van der Waals surface area contributed by atoms with Crippen LogP contribution in [0.25, 0.3) is 11.0 Å². The molecule has 23 heavy (non-hydrogen) atoms. The number of fused-ring (bicyclic) bond motifs is 1. The molecular formula is C19H27NO3. The minimum absolute atomic E-state index is 0.0262. The van der Waals surface area contributed by atoms with Crippen LogP contribution in [0, 0.1) is 5.92 Å². The maximum Gasteiger partial charge on any atom is 0.251 e. The molecule has 2 unspecified atom stereocenters. The van der Waals surface area contributed by atoms with Gasteiger partial charge >= 0.3 is 0 Å². The SMILES string of the molecule is CC(C)CCOC(C)C(=O)N(C)C(C)c1cc2ccccc2o1. The van der Waals surface area contributed by atoms with E-state index in [0.717, 1.165) is 23.2 Å². The van der Waals surface area contributed by atoms with Crippen LogP contribution in [0.5, 0.6) is 0 Å². The summed E-state index contributed by atoms with van der Waals surface area (Å²) in [6.45, 7) is 8.68. The van der Waals surface area contributed by atoms with Crippen LogP contribution in [0.2, 0.25) is 0 Å². The molecule has 1 aromatic heterocycles. The molecule has 2 rings (SSSR count). The Hall–Kier alpha value is -1.81. The number of hydrogen-bond acceptors (Lipinski definition) is 3. The largest absolute Gasteiger partial charge is 0.459 e. The number of furan rings is 1. The normalized spacial score (nSPS) is 14.2. The van der Waals surface area contributed by atoms with Gasteiger partial charge in [-0.05, 0) is 38.3 Å². The quantitative estimate of drug-likeness (QED) is 0.760. The summed E-state index contributed by atoms with van der Waals surface area (Å²) in [6.07, 6.45) is 0.520. The Morgan fingerprint density at radius 3 is 2.57 bits per heavy atom. The van der Waals surface area contributed by atoms with Gasteiger partial charge in [0.2, 0.25) is 0 Å². The van der Waals surface area contributed by atoms with Crippen molar-refractivity contribution in [2.45, 2.75) is 46.3 Å². The zero-order valence-corrected chi connectivity index (χ0v) is 14.7. The van der Waals surface area contributed by atoms with E-state index in [1.54, 1.807) is 11.9 Å².